The zero-order chi connectivity index (χ0) is 19.5. The number of rotatable bonds is 8. The van der Waals surface area contributed by atoms with Crippen LogP contribution in [0.5, 0.6) is 0 Å². The Balaban J connectivity index is 1.56. The second-order valence-electron chi connectivity index (χ2n) is 7.66. The maximum absolute atomic E-state index is 13.1. The fourth-order valence-corrected chi connectivity index (χ4v) is 3.95. The van der Waals surface area contributed by atoms with E-state index in [1.165, 1.54) is 10.9 Å². The quantitative estimate of drug-likeness (QED) is 0.672. The molecule has 1 unspecified atom stereocenters. The van der Waals surface area contributed by atoms with Crippen LogP contribution < -0.4 is 10.6 Å². The summed E-state index contributed by atoms with van der Waals surface area (Å²) in [6.45, 7) is 2.96. The summed E-state index contributed by atoms with van der Waals surface area (Å²) >= 11 is 0. The normalized spacial score (nSPS) is 19.6. The molecule has 2 amide bonds. The van der Waals surface area contributed by atoms with Gasteiger partial charge in [-0.15, -0.1) is 0 Å². The first-order valence-electron chi connectivity index (χ1n) is 10.0. The molecule has 1 aliphatic carbocycles. The topological polar surface area (TPSA) is 75.6 Å². The molecule has 1 aromatic carbocycles. The smallest absolute Gasteiger partial charge is 0.247 e. The maximum atomic E-state index is 13.1. The van der Waals surface area contributed by atoms with E-state index in [-0.39, 0.29) is 24.4 Å². The molecule has 1 aliphatic heterocycles. The van der Waals surface area contributed by atoms with Crippen molar-refractivity contribution in [1.82, 2.24) is 20.1 Å². The Morgan fingerprint density at radius 3 is 2.89 bits per heavy atom. The number of nitrogens with one attached hydrogen (secondary N) is 2. The zero-order valence-electron chi connectivity index (χ0n) is 16.3. The van der Waals surface area contributed by atoms with E-state index in [0.717, 1.165) is 38.0 Å². The predicted octanol–water partition coefficient (Wildman–Crippen LogP) is 1.26. The summed E-state index contributed by atoms with van der Waals surface area (Å²) in [5, 5.41) is 7.04. The average Bonchev–Trinajstić information content (AvgIpc) is 3.49. The molecule has 0 bridgehead atoms. The number of carbonyl (C=O) groups is 2. The van der Waals surface area contributed by atoms with Gasteiger partial charge in [0.25, 0.3) is 0 Å². The number of aromatic nitrogens is 1. The first-order chi connectivity index (χ1) is 13.7. The van der Waals surface area contributed by atoms with Crippen molar-refractivity contribution in [2.75, 3.05) is 26.8 Å². The lowest BCUT2D eigenvalue weighted by Crippen LogP contribution is -2.59. The van der Waals surface area contributed by atoms with E-state index in [0.29, 0.717) is 13.1 Å². The predicted molar refractivity (Wildman–Crippen MR) is 107 cm³/mol. The molecule has 1 atom stereocenters. The minimum absolute atomic E-state index is 0.0132. The molecule has 2 fully saturated rings. The minimum atomic E-state index is -0.475. The first kappa shape index (κ1) is 19.0. The van der Waals surface area contributed by atoms with E-state index >= 15 is 0 Å². The van der Waals surface area contributed by atoms with Gasteiger partial charge in [-0.25, -0.2) is 0 Å². The summed E-state index contributed by atoms with van der Waals surface area (Å²) in [6, 6.07) is 8.14. The largest absolute Gasteiger partial charge is 0.385 e. The average molecular weight is 384 g/mol. The molecule has 7 heteroatoms. The number of ether oxygens (including phenoxy) is 1. The summed E-state index contributed by atoms with van der Waals surface area (Å²) in [7, 11) is 1.72. The monoisotopic (exact) mass is 384 g/mol. The van der Waals surface area contributed by atoms with Crippen molar-refractivity contribution in [2.24, 2.45) is 0 Å². The molecule has 0 spiro atoms. The number of carbonyl (C=O) groups excluding carboxylic acids is 2. The number of aryl methyl sites for hydroxylation is 1. The third-order valence-electron chi connectivity index (χ3n) is 5.50. The van der Waals surface area contributed by atoms with E-state index in [9.17, 15) is 9.59 Å². The number of para-hydroxylation sites is 1. The van der Waals surface area contributed by atoms with Gasteiger partial charge in [0.1, 0.15) is 6.04 Å². The number of nitrogens with zero attached hydrogens (tertiary/aromatic N) is 2. The molecule has 2 aromatic rings. The Bertz CT molecular complexity index is 858. The Hall–Kier alpha value is -2.38. The fourth-order valence-electron chi connectivity index (χ4n) is 3.95. The van der Waals surface area contributed by atoms with Gasteiger partial charge in [-0.05, 0) is 30.9 Å². The maximum Gasteiger partial charge on any atom is 0.247 e. The van der Waals surface area contributed by atoms with Crippen LogP contribution in [0.25, 0.3) is 10.9 Å². The van der Waals surface area contributed by atoms with Gasteiger partial charge >= 0.3 is 0 Å². The third kappa shape index (κ3) is 4.05. The number of methoxy groups -OCH3 is 1. The SMILES string of the molecule is COCCCn1cc(CN(C(=O)C2CNCC(=O)N2)C2CC2)c2ccccc21. The minimum Gasteiger partial charge on any atom is -0.385 e. The van der Waals surface area contributed by atoms with Crippen LogP contribution in [0.1, 0.15) is 24.8 Å². The molecule has 1 saturated heterocycles. The second kappa shape index (κ2) is 8.32. The molecule has 7 nitrogen and oxygen atoms in total. The molecule has 4 rings (SSSR count). The third-order valence-corrected chi connectivity index (χ3v) is 5.50. The van der Waals surface area contributed by atoms with Gasteiger partial charge in [0.15, 0.2) is 0 Å². The van der Waals surface area contributed by atoms with Gasteiger partial charge in [0.05, 0.1) is 6.54 Å². The van der Waals surface area contributed by atoms with Crippen LogP contribution in [0.15, 0.2) is 30.5 Å². The van der Waals surface area contributed by atoms with Gasteiger partial charge in [0.2, 0.25) is 11.8 Å². The zero-order valence-corrected chi connectivity index (χ0v) is 16.3. The Morgan fingerprint density at radius 1 is 1.32 bits per heavy atom. The van der Waals surface area contributed by atoms with Crippen LogP contribution in [-0.4, -0.2) is 60.2 Å². The number of amides is 2. The molecule has 2 heterocycles. The van der Waals surface area contributed by atoms with Gasteiger partial charge < -0.3 is 24.8 Å². The second-order valence-corrected chi connectivity index (χ2v) is 7.66. The van der Waals surface area contributed by atoms with Gasteiger partial charge in [-0.3, -0.25) is 9.59 Å². The summed E-state index contributed by atoms with van der Waals surface area (Å²) in [5.41, 5.74) is 2.34. The summed E-state index contributed by atoms with van der Waals surface area (Å²) < 4.78 is 7.44. The number of piperazine rings is 1. The molecule has 28 heavy (non-hydrogen) atoms. The van der Waals surface area contributed by atoms with Crippen molar-refractivity contribution < 1.29 is 14.3 Å². The Labute approximate surface area is 165 Å². The van der Waals surface area contributed by atoms with Crippen molar-refractivity contribution in [3.63, 3.8) is 0 Å². The lowest BCUT2D eigenvalue weighted by molar-refractivity contribution is -0.138. The highest BCUT2D eigenvalue weighted by Gasteiger charge is 2.37. The summed E-state index contributed by atoms with van der Waals surface area (Å²) in [6.07, 6.45) is 5.18. The highest BCUT2D eigenvalue weighted by Crippen LogP contribution is 2.31. The summed E-state index contributed by atoms with van der Waals surface area (Å²) in [4.78, 5) is 26.8. The van der Waals surface area contributed by atoms with Crippen molar-refractivity contribution in [3.8, 4) is 0 Å². The Morgan fingerprint density at radius 2 is 2.14 bits per heavy atom. The van der Waals surface area contributed by atoms with Crippen LogP contribution in [0.4, 0.5) is 0 Å². The van der Waals surface area contributed by atoms with E-state index in [1.807, 2.05) is 17.0 Å². The van der Waals surface area contributed by atoms with Crippen LogP contribution >= 0.6 is 0 Å². The lowest BCUT2D eigenvalue weighted by Gasteiger charge is -2.30. The molecule has 0 radical (unpaired) electrons. The van der Waals surface area contributed by atoms with Crippen LogP contribution in [0.2, 0.25) is 0 Å². The van der Waals surface area contributed by atoms with E-state index in [4.69, 9.17) is 4.74 Å². The number of hydrogen-bond acceptors (Lipinski definition) is 4. The molecule has 150 valence electrons. The highest BCUT2D eigenvalue weighted by molar-refractivity contribution is 5.90. The van der Waals surface area contributed by atoms with E-state index in [2.05, 4.69) is 33.5 Å². The molecule has 2 aliphatic rings. The number of benzene rings is 1. The van der Waals surface area contributed by atoms with Gasteiger partial charge in [-0.2, -0.15) is 0 Å². The molecule has 2 N–H and O–H groups in total. The van der Waals surface area contributed by atoms with E-state index < -0.39 is 6.04 Å². The standard InChI is InChI=1S/C21H28N4O3/c1-28-10-4-9-24-13-15(17-5-2-3-6-19(17)24)14-25(16-7-8-16)21(27)18-11-22-12-20(26)23-18/h2-3,5-6,13,16,18,22H,4,7-12,14H2,1H3,(H,23,26). The summed E-state index contributed by atoms with van der Waals surface area (Å²) in [5.74, 6) is -0.102. The fraction of sp³-hybridized carbons (Fsp3) is 0.524. The van der Waals surface area contributed by atoms with Crippen LogP contribution in [0, 0.1) is 0 Å². The number of hydrogen-bond donors (Lipinski definition) is 2. The van der Waals surface area contributed by atoms with Gasteiger partial charge in [0, 0.05) is 56.5 Å². The Kier molecular flexibility index (Phi) is 5.64. The lowest BCUT2D eigenvalue weighted by atomic mass is 10.1. The highest BCUT2D eigenvalue weighted by atomic mass is 16.5. The van der Waals surface area contributed by atoms with Crippen molar-refractivity contribution in [1.29, 1.82) is 0 Å². The van der Waals surface area contributed by atoms with Crippen molar-refractivity contribution in [2.45, 2.75) is 44.4 Å². The van der Waals surface area contributed by atoms with Crippen molar-refractivity contribution in [3.05, 3.63) is 36.0 Å². The van der Waals surface area contributed by atoms with Crippen molar-refractivity contribution >= 4 is 22.7 Å². The van der Waals surface area contributed by atoms with Crippen LogP contribution in [-0.2, 0) is 27.4 Å². The number of fused-ring (bicyclic) bond motifs is 1. The molecule has 1 aromatic heterocycles. The molecule has 1 saturated carbocycles. The van der Waals surface area contributed by atoms with Crippen LogP contribution in [0.3, 0.4) is 0 Å². The molecular formula is C21H28N4O3. The van der Waals surface area contributed by atoms with Gasteiger partial charge in [-0.1, -0.05) is 18.2 Å². The first-order valence-corrected chi connectivity index (χ1v) is 10.0. The van der Waals surface area contributed by atoms with E-state index in [1.54, 1.807) is 7.11 Å². The molecular weight excluding hydrogens is 356 g/mol.